The number of carbonyl (C=O) groups excluding carboxylic acids is 2. The molecule has 2 amide bonds. The van der Waals surface area contributed by atoms with Crippen molar-refractivity contribution >= 4 is 29.1 Å². The molecule has 0 aliphatic heterocycles. The molecule has 138 valence electrons. The van der Waals surface area contributed by atoms with Gasteiger partial charge in [-0.25, -0.2) is 4.68 Å². The Balaban J connectivity index is 1.62. The molecule has 2 N–H and O–H groups in total. The minimum Gasteiger partial charge on any atom is -0.390 e. The van der Waals surface area contributed by atoms with E-state index in [0.717, 1.165) is 0 Å². The van der Waals surface area contributed by atoms with Crippen molar-refractivity contribution in [1.29, 1.82) is 0 Å². The van der Waals surface area contributed by atoms with Gasteiger partial charge in [0.25, 0.3) is 5.91 Å². The van der Waals surface area contributed by atoms with Crippen molar-refractivity contribution in [3.05, 3.63) is 58.7 Å². The van der Waals surface area contributed by atoms with Crippen molar-refractivity contribution in [1.82, 2.24) is 24.5 Å². The molecule has 1 aromatic carbocycles. The highest BCUT2D eigenvalue weighted by Gasteiger charge is 2.15. The van der Waals surface area contributed by atoms with Gasteiger partial charge in [0.2, 0.25) is 12.2 Å². The number of nitrogens with one attached hydrogen (secondary N) is 2. The maximum absolute atomic E-state index is 12.3. The van der Waals surface area contributed by atoms with E-state index in [1.165, 1.54) is 28.7 Å². The monoisotopic (exact) mass is 370 g/mol. The third-order valence-electron chi connectivity index (χ3n) is 3.31. The largest absolute Gasteiger partial charge is 0.491 e. The molecule has 0 unspecified atom stereocenters. The summed E-state index contributed by atoms with van der Waals surface area (Å²) in [5.74, 6) is -1.12. The van der Waals surface area contributed by atoms with Crippen LogP contribution in [0.2, 0.25) is 0 Å². The normalized spacial score (nSPS) is 10.4. The number of carbonyl (C=O) groups is 2. The second-order valence-electron chi connectivity index (χ2n) is 5.44. The molecule has 0 aliphatic rings. The molecule has 0 bridgehead atoms. The van der Waals surface area contributed by atoms with E-state index in [4.69, 9.17) is 0 Å². The molecule has 12 nitrogen and oxygen atoms in total. The van der Waals surface area contributed by atoms with Gasteiger partial charge in [-0.3, -0.25) is 9.59 Å². The van der Waals surface area contributed by atoms with Crippen molar-refractivity contribution in [2.75, 3.05) is 10.6 Å². The van der Waals surface area contributed by atoms with Gasteiger partial charge in [-0.1, -0.05) is 4.98 Å². The molecule has 0 saturated heterocycles. The summed E-state index contributed by atoms with van der Waals surface area (Å²) in [4.78, 5) is 36.7. The Kier molecular flexibility index (Phi) is 4.88. The van der Waals surface area contributed by atoms with Crippen LogP contribution in [0.5, 0.6) is 0 Å². The number of rotatable bonds is 6. The van der Waals surface area contributed by atoms with E-state index in [2.05, 4.69) is 25.8 Å². The first-order valence-corrected chi connectivity index (χ1v) is 7.67. The van der Waals surface area contributed by atoms with E-state index >= 15 is 0 Å². The second kappa shape index (κ2) is 7.43. The molecule has 12 heteroatoms. The standard InChI is InChI=1S/C15H14N8O4/c1-10(24)17-11-2-4-12(5-3-11)18-14(25)13-6-7-21(19-13)9-22-8-16-15(20-22)23(26)27/h2-8H,9H2,1H3,(H,17,24)(H,18,25). The summed E-state index contributed by atoms with van der Waals surface area (Å²) in [7, 11) is 0. The summed E-state index contributed by atoms with van der Waals surface area (Å²) < 4.78 is 2.63. The number of aromatic nitrogens is 5. The van der Waals surface area contributed by atoms with Crippen molar-refractivity contribution in [3.8, 4) is 0 Å². The van der Waals surface area contributed by atoms with E-state index < -0.39 is 16.8 Å². The van der Waals surface area contributed by atoms with E-state index in [1.54, 1.807) is 30.5 Å². The fraction of sp³-hybridized carbons (Fsp3) is 0.133. The van der Waals surface area contributed by atoms with E-state index in [-0.39, 0.29) is 18.3 Å². The maximum Gasteiger partial charge on any atom is 0.491 e. The number of hydrogen-bond donors (Lipinski definition) is 2. The van der Waals surface area contributed by atoms with Gasteiger partial charge in [-0.15, -0.1) is 0 Å². The Hall–Kier alpha value is -4.09. The van der Waals surface area contributed by atoms with Crippen LogP contribution in [-0.4, -0.2) is 41.3 Å². The highest BCUT2D eigenvalue weighted by Crippen LogP contribution is 2.14. The summed E-state index contributed by atoms with van der Waals surface area (Å²) in [5.41, 5.74) is 1.32. The summed E-state index contributed by atoms with van der Waals surface area (Å²) in [6, 6.07) is 8.12. The summed E-state index contributed by atoms with van der Waals surface area (Å²) in [6.07, 6.45) is 2.75. The number of benzene rings is 1. The van der Waals surface area contributed by atoms with Gasteiger partial charge in [0.05, 0.1) is 0 Å². The highest BCUT2D eigenvalue weighted by atomic mass is 16.6. The van der Waals surface area contributed by atoms with Crippen molar-refractivity contribution in [2.45, 2.75) is 13.6 Å². The van der Waals surface area contributed by atoms with Crippen LogP contribution in [0, 0.1) is 10.1 Å². The van der Waals surface area contributed by atoms with Crippen LogP contribution in [-0.2, 0) is 11.5 Å². The summed E-state index contributed by atoms with van der Waals surface area (Å²) in [6.45, 7) is 1.48. The Morgan fingerprint density at radius 1 is 1.07 bits per heavy atom. The lowest BCUT2D eigenvalue weighted by atomic mass is 10.2. The SMILES string of the molecule is CC(=O)Nc1ccc(NC(=O)c2ccn(Cn3cnc([N+](=O)[O-])n3)n2)cc1. The highest BCUT2D eigenvalue weighted by molar-refractivity contribution is 6.03. The Morgan fingerprint density at radius 3 is 2.33 bits per heavy atom. The lowest BCUT2D eigenvalue weighted by Gasteiger charge is -2.05. The fourth-order valence-corrected chi connectivity index (χ4v) is 2.18. The molecule has 2 aromatic heterocycles. The number of anilines is 2. The van der Waals surface area contributed by atoms with Crippen LogP contribution < -0.4 is 10.6 Å². The van der Waals surface area contributed by atoms with E-state index in [0.29, 0.717) is 11.4 Å². The smallest absolute Gasteiger partial charge is 0.390 e. The average molecular weight is 370 g/mol. The molecule has 2 heterocycles. The molecule has 0 aliphatic carbocycles. The molecule has 3 aromatic rings. The lowest BCUT2D eigenvalue weighted by Crippen LogP contribution is -2.15. The molecule has 0 radical (unpaired) electrons. The molecule has 0 atom stereocenters. The zero-order chi connectivity index (χ0) is 19.4. The van der Waals surface area contributed by atoms with Gasteiger partial charge in [0.15, 0.2) is 12.4 Å². The van der Waals surface area contributed by atoms with E-state index in [1.807, 2.05) is 0 Å². The number of nitrogens with zero attached hydrogens (tertiary/aromatic N) is 6. The minimum absolute atomic E-state index is 0.0690. The van der Waals surface area contributed by atoms with Crippen LogP contribution in [0.4, 0.5) is 17.3 Å². The third-order valence-corrected chi connectivity index (χ3v) is 3.31. The van der Waals surface area contributed by atoms with Gasteiger partial charge in [-0.2, -0.15) is 9.78 Å². The number of nitro groups is 1. The third kappa shape index (κ3) is 4.50. The molecule has 0 spiro atoms. The molecule has 27 heavy (non-hydrogen) atoms. The van der Waals surface area contributed by atoms with Crippen LogP contribution in [0.15, 0.2) is 42.9 Å². The summed E-state index contributed by atoms with van der Waals surface area (Å²) >= 11 is 0. The second-order valence-corrected chi connectivity index (χ2v) is 5.44. The van der Waals surface area contributed by atoms with Gasteiger partial charge >= 0.3 is 5.95 Å². The molecule has 0 saturated carbocycles. The van der Waals surface area contributed by atoms with Gasteiger partial charge in [0.1, 0.15) is 0 Å². The first-order valence-electron chi connectivity index (χ1n) is 7.67. The summed E-state index contributed by atoms with van der Waals surface area (Å²) in [5, 5.41) is 23.7. The lowest BCUT2D eigenvalue weighted by molar-refractivity contribution is -0.394. The number of amides is 2. The predicted molar refractivity (Wildman–Crippen MR) is 93.0 cm³/mol. The van der Waals surface area contributed by atoms with Crippen molar-refractivity contribution < 1.29 is 14.5 Å². The average Bonchev–Trinajstić information content (AvgIpc) is 3.26. The fourth-order valence-electron chi connectivity index (χ4n) is 2.18. The Morgan fingerprint density at radius 2 is 1.74 bits per heavy atom. The van der Waals surface area contributed by atoms with Crippen molar-refractivity contribution in [2.24, 2.45) is 0 Å². The maximum atomic E-state index is 12.3. The van der Waals surface area contributed by atoms with Crippen molar-refractivity contribution in [3.63, 3.8) is 0 Å². The van der Waals surface area contributed by atoms with Crippen LogP contribution in [0.1, 0.15) is 17.4 Å². The Bertz CT molecular complexity index is 991. The van der Waals surface area contributed by atoms with Crippen LogP contribution in [0.3, 0.4) is 0 Å². The quantitative estimate of drug-likeness (QED) is 0.487. The van der Waals surface area contributed by atoms with E-state index in [9.17, 15) is 19.7 Å². The first kappa shape index (κ1) is 17.7. The zero-order valence-corrected chi connectivity index (χ0v) is 14.1. The van der Waals surface area contributed by atoms with Gasteiger partial charge in [0, 0.05) is 29.6 Å². The molecule has 3 rings (SSSR count). The van der Waals surface area contributed by atoms with Gasteiger partial charge < -0.3 is 20.7 Å². The number of hydrogen-bond acceptors (Lipinski definition) is 7. The zero-order valence-electron chi connectivity index (χ0n) is 14.1. The Labute approximate surface area is 152 Å². The topological polar surface area (TPSA) is 150 Å². The van der Waals surface area contributed by atoms with Crippen LogP contribution in [0.25, 0.3) is 0 Å². The molecular weight excluding hydrogens is 356 g/mol. The first-order chi connectivity index (χ1) is 12.9. The van der Waals surface area contributed by atoms with Gasteiger partial charge in [-0.05, 0) is 35.3 Å². The van der Waals surface area contributed by atoms with Crippen LogP contribution >= 0.6 is 0 Å². The molecular formula is C15H14N8O4. The minimum atomic E-state index is -0.699. The molecule has 0 fully saturated rings. The predicted octanol–water partition coefficient (Wildman–Crippen LogP) is 1.10.